The first-order valence-corrected chi connectivity index (χ1v) is 10.3. The van der Waals surface area contributed by atoms with Gasteiger partial charge in [0, 0.05) is 19.1 Å². The molecule has 0 bridgehead atoms. The molecule has 1 aromatic carbocycles. The molecule has 166 valence electrons. The van der Waals surface area contributed by atoms with Crippen molar-refractivity contribution in [3.05, 3.63) is 60.1 Å². The van der Waals surface area contributed by atoms with E-state index >= 15 is 0 Å². The van der Waals surface area contributed by atoms with E-state index in [9.17, 15) is 9.90 Å². The molecule has 1 aromatic heterocycles. The van der Waals surface area contributed by atoms with Gasteiger partial charge in [-0.2, -0.15) is 0 Å². The highest BCUT2D eigenvalue weighted by atomic mass is 16.8. The molecule has 31 heavy (non-hydrogen) atoms. The van der Waals surface area contributed by atoms with Crippen LogP contribution in [0.2, 0.25) is 0 Å². The summed E-state index contributed by atoms with van der Waals surface area (Å²) in [5.41, 5.74) is 3.92. The largest absolute Gasteiger partial charge is 0.394 e. The minimum absolute atomic E-state index is 0.108. The fourth-order valence-corrected chi connectivity index (χ4v) is 2.86. The number of amides is 1. The van der Waals surface area contributed by atoms with Crippen molar-refractivity contribution in [1.29, 1.82) is 0 Å². The van der Waals surface area contributed by atoms with Gasteiger partial charge >= 0.3 is 0 Å². The highest BCUT2D eigenvalue weighted by Gasteiger charge is 2.15. The Kier molecular flexibility index (Phi) is 9.39. The molecular weight excluding hydrogens is 400 g/mol. The summed E-state index contributed by atoms with van der Waals surface area (Å²) in [5, 5.41) is 12.6. The molecule has 1 saturated heterocycles. The van der Waals surface area contributed by atoms with Crippen LogP contribution >= 0.6 is 0 Å². The Hall–Kier alpha value is -2.85. The van der Waals surface area contributed by atoms with Gasteiger partial charge in [-0.3, -0.25) is 9.78 Å². The highest BCUT2D eigenvalue weighted by Crippen LogP contribution is 2.12. The second-order valence-electron chi connectivity index (χ2n) is 7.06. The third kappa shape index (κ3) is 8.42. The van der Waals surface area contributed by atoms with E-state index in [0.29, 0.717) is 31.3 Å². The molecule has 1 fully saturated rings. The number of aliphatic hydroxyl groups excluding tert-OH is 1. The predicted octanol–water partition coefficient (Wildman–Crippen LogP) is 2.05. The topological polar surface area (TPSA) is 115 Å². The molecular formula is C22H28N4O5. The molecule has 9 nitrogen and oxygen atoms in total. The van der Waals surface area contributed by atoms with Crippen molar-refractivity contribution >= 4 is 17.8 Å². The van der Waals surface area contributed by atoms with Crippen LogP contribution in [0.4, 0.5) is 5.82 Å². The highest BCUT2D eigenvalue weighted by molar-refractivity contribution is 5.90. The van der Waals surface area contributed by atoms with Gasteiger partial charge in [-0.25, -0.2) is 15.3 Å². The number of aliphatic hydroxyl groups is 1. The third-order valence-corrected chi connectivity index (χ3v) is 4.51. The Morgan fingerprint density at radius 2 is 2.13 bits per heavy atom. The van der Waals surface area contributed by atoms with Crippen LogP contribution in [0, 0.1) is 0 Å². The fourth-order valence-electron chi connectivity index (χ4n) is 2.86. The lowest BCUT2D eigenvalue weighted by Gasteiger charge is -2.21. The summed E-state index contributed by atoms with van der Waals surface area (Å²) >= 11 is 0. The van der Waals surface area contributed by atoms with Crippen molar-refractivity contribution in [2.24, 2.45) is 0 Å². The average Bonchev–Trinajstić information content (AvgIpc) is 2.83. The lowest BCUT2D eigenvalue weighted by Crippen LogP contribution is -2.32. The molecule has 2 aromatic rings. The number of hydrogen-bond acceptors (Lipinski definition) is 8. The summed E-state index contributed by atoms with van der Waals surface area (Å²) in [5.74, 6) is 0.0934. The summed E-state index contributed by atoms with van der Waals surface area (Å²) < 4.78 is 11.0. The summed E-state index contributed by atoms with van der Waals surface area (Å²) in [6.45, 7) is 1.32. The van der Waals surface area contributed by atoms with Gasteiger partial charge < -0.3 is 19.9 Å². The van der Waals surface area contributed by atoms with E-state index in [1.165, 1.54) is 24.5 Å². The number of benzene rings is 1. The Balaban J connectivity index is 1.39. The molecule has 1 amide bonds. The number of hydrogen-bond donors (Lipinski definition) is 3. The Bertz CT molecular complexity index is 810. The fraction of sp³-hybridized carbons (Fsp3) is 0.409. The summed E-state index contributed by atoms with van der Waals surface area (Å²) in [4.78, 5) is 25.5. The van der Waals surface area contributed by atoms with E-state index in [-0.39, 0.29) is 12.6 Å². The zero-order chi connectivity index (χ0) is 21.7. The number of hydroxylamine groups is 1. The van der Waals surface area contributed by atoms with Crippen molar-refractivity contribution in [3.63, 3.8) is 0 Å². The van der Waals surface area contributed by atoms with E-state index in [1.807, 2.05) is 30.3 Å². The zero-order valence-corrected chi connectivity index (χ0v) is 17.3. The molecule has 9 heteroatoms. The number of aromatic nitrogens is 2. The average molecular weight is 428 g/mol. The van der Waals surface area contributed by atoms with Gasteiger partial charge in [0.05, 0.1) is 44.0 Å². The van der Waals surface area contributed by atoms with Gasteiger partial charge in [0.2, 0.25) is 0 Å². The first-order valence-electron chi connectivity index (χ1n) is 10.3. The minimum Gasteiger partial charge on any atom is -0.394 e. The van der Waals surface area contributed by atoms with Crippen molar-refractivity contribution in [2.75, 3.05) is 25.1 Å². The lowest BCUT2D eigenvalue weighted by molar-refractivity contribution is -0.198. The lowest BCUT2D eigenvalue weighted by atomic mass is 10.2. The maximum Gasteiger partial charge on any atom is 0.267 e. The monoisotopic (exact) mass is 428 g/mol. The van der Waals surface area contributed by atoms with Gasteiger partial charge in [0.1, 0.15) is 5.82 Å². The number of nitrogens with one attached hydrogen (secondary N) is 2. The van der Waals surface area contributed by atoms with E-state index in [0.717, 1.165) is 24.8 Å². The second kappa shape index (κ2) is 12.8. The zero-order valence-electron chi connectivity index (χ0n) is 17.3. The maximum absolute atomic E-state index is 11.8. The molecule has 0 aliphatic carbocycles. The van der Waals surface area contributed by atoms with Crippen LogP contribution in [0.3, 0.4) is 0 Å². The molecule has 1 unspecified atom stereocenters. The second-order valence-corrected chi connectivity index (χ2v) is 7.06. The standard InChI is InChI=1S/C22H28N4O5/c27-14-19(16-29-15-17-6-2-1-3-7-17)25-20-13-23-18(12-24-20)9-10-21(28)26-31-22-8-4-5-11-30-22/h1-3,6-7,9-10,12-13,19,22,27H,4-5,8,11,14-16H2,(H,24,25)(H,26,28)/t19-,22?/m1/s1. The summed E-state index contributed by atoms with van der Waals surface area (Å²) in [6, 6.07) is 9.50. The molecule has 1 aliphatic heterocycles. The van der Waals surface area contributed by atoms with Gasteiger partial charge in [-0.15, -0.1) is 0 Å². The molecule has 0 spiro atoms. The van der Waals surface area contributed by atoms with E-state index in [1.54, 1.807) is 0 Å². The van der Waals surface area contributed by atoms with Crippen molar-refractivity contribution in [1.82, 2.24) is 15.4 Å². The van der Waals surface area contributed by atoms with Crippen LogP contribution in [0.1, 0.15) is 30.5 Å². The van der Waals surface area contributed by atoms with Crippen molar-refractivity contribution in [3.8, 4) is 0 Å². The van der Waals surface area contributed by atoms with Crippen LogP contribution in [0.25, 0.3) is 6.08 Å². The molecule has 3 rings (SSSR count). The smallest absolute Gasteiger partial charge is 0.267 e. The first-order chi connectivity index (χ1) is 15.2. The number of nitrogens with zero attached hydrogens (tertiary/aromatic N) is 2. The quantitative estimate of drug-likeness (QED) is 0.368. The van der Waals surface area contributed by atoms with Crippen molar-refractivity contribution in [2.45, 2.75) is 38.2 Å². The van der Waals surface area contributed by atoms with E-state index in [4.69, 9.17) is 14.3 Å². The number of rotatable bonds is 11. The maximum atomic E-state index is 11.8. The van der Waals surface area contributed by atoms with Crippen molar-refractivity contribution < 1.29 is 24.2 Å². The van der Waals surface area contributed by atoms with E-state index in [2.05, 4.69) is 20.8 Å². The number of carbonyl (C=O) groups excluding carboxylic acids is 1. The third-order valence-electron chi connectivity index (χ3n) is 4.51. The Labute approximate surface area is 181 Å². The SMILES string of the molecule is O=C(C=Cc1cnc(N[C@H](CO)COCc2ccccc2)cn1)NOC1CCCCO1. The molecule has 3 N–H and O–H groups in total. The Morgan fingerprint density at radius 1 is 1.26 bits per heavy atom. The molecule has 2 atom stereocenters. The van der Waals surface area contributed by atoms with Gasteiger partial charge in [0.15, 0.2) is 6.29 Å². The normalized spacial score (nSPS) is 17.4. The predicted molar refractivity (Wildman–Crippen MR) is 114 cm³/mol. The summed E-state index contributed by atoms with van der Waals surface area (Å²) in [6.07, 6.45) is 8.29. The minimum atomic E-state index is -0.408. The molecule has 2 heterocycles. The van der Waals surface area contributed by atoms with Crippen LogP contribution in [0.5, 0.6) is 0 Å². The van der Waals surface area contributed by atoms with E-state index < -0.39 is 12.2 Å². The Morgan fingerprint density at radius 3 is 2.84 bits per heavy atom. The van der Waals surface area contributed by atoms with Gasteiger partial charge in [0.25, 0.3) is 5.91 Å². The van der Waals surface area contributed by atoms with Crippen LogP contribution in [0.15, 0.2) is 48.8 Å². The number of ether oxygens (including phenoxy) is 2. The van der Waals surface area contributed by atoms with Gasteiger partial charge in [-0.1, -0.05) is 30.3 Å². The summed E-state index contributed by atoms with van der Waals surface area (Å²) in [7, 11) is 0. The molecule has 0 radical (unpaired) electrons. The van der Waals surface area contributed by atoms with Crippen LogP contribution < -0.4 is 10.8 Å². The first kappa shape index (κ1) is 22.8. The number of carbonyl (C=O) groups is 1. The molecule has 0 saturated carbocycles. The van der Waals surface area contributed by atoms with Crippen LogP contribution in [-0.2, 0) is 25.7 Å². The van der Waals surface area contributed by atoms with Crippen LogP contribution in [-0.4, -0.2) is 53.1 Å². The number of anilines is 1. The molecule has 1 aliphatic rings. The van der Waals surface area contributed by atoms with Gasteiger partial charge in [-0.05, 0) is 24.5 Å².